The number of phenolic OH excluding ortho intramolecular Hbond substituents is 6. The quantitative estimate of drug-likeness (QED) is 0.128. The molecule has 4 unspecified atom stereocenters. The molecule has 1 aliphatic heterocycles. The molecule has 49 heavy (non-hydrogen) atoms. The van der Waals surface area contributed by atoms with E-state index < -0.39 is 145 Å². The maximum absolute atomic E-state index is 14.4. The van der Waals surface area contributed by atoms with E-state index in [1.807, 2.05) is 0 Å². The van der Waals surface area contributed by atoms with Crippen molar-refractivity contribution in [3.63, 3.8) is 0 Å². The summed E-state index contributed by atoms with van der Waals surface area (Å²) in [5.74, 6) is -9.85. The lowest BCUT2D eigenvalue weighted by Crippen LogP contribution is -2.35. The maximum Gasteiger partial charge on any atom is 0.229 e. The van der Waals surface area contributed by atoms with Crippen molar-refractivity contribution in [3.8, 4) is 51.4 Å². The average Bonchev–Trinajstić information content (AvgIpc) is 3.29. The van der Waals surface area contributed by atoms with Crippen molar-refractivity contribution < 1.29 is 74.6 Å². The van der Waals surface area contributed by atoms with Gasteiger partial charge in [0.2, 0.25) is 17.9 Å². The number of benzene rings is 4. The van der Waals surface area contributed by atoms with Crippen LogP contribution in [0.3, 0.4) is 0 Å². The van der Waals surface area contributed by atoms with Gasteiger partial charge >= 0.3 is 0 Å². The van der Waals surface area contributed by atoms with Gasteiger partial charge in [-0.15, -0.1) is 0 Å². The Balaban J connectivity index is 1.59. The summed E-state index contributed by atoms with van der Waals surface area (Å²) in [6.07, 6.45) is -6.71. The number of aromatic hydroxyl groups is 6. The van der Waals surface area contributed by atoms with Crippen molar-refractivity contribution in [2.75, 3.05) is 6.61 Å². The Morgan fingerprint density at radius 1 is 0.571 bits per heavy atom. The Labute approximate surface area is 273 Å². The van der Waals surface area contributed by atoms with Crippen molar-refractivity contribution in [2.24, 2.45) is 0 Å². The molecule has 0 radical (unpaired) electrons. The SMILES string of the molecule is Cc1cc(O)c2c(c1)C(=O)c1c(c(O)cc(OC3OC(CO)C(O)C3O)c1-c1c(O)cc(O)c3c1C(=O)c1cc(O)cc(O)c1C3=O)C2=O. The van der Waals surface area contributed by atoms with E-state index in [1.165, 1.54) is 19.1 Å². The van der Waals surface area contributed by atoms with Gasteiger partial charge in [0, 0.05) is 51.6 Å². The molecule has 9 N–H and O–H groups in total. The van der Waals surface area contributed by atoms with E-state index in [0.29, 0.717) is 11.6 Å². The number of carbonyl (C=O) groups is 4. The molecule has 15 nitrogen and oxygen atoms in total. The molecule has 4 aromatic carbocycles. The first-order valence-corrected chi connectivity index (χ1v) is 14.5. The van der Waals surface area contributed by atoms with Crippen LogP contribution in [0.25, 0.3) is 11.1 Å². The van der Waals surface area contributed by atoms with Gasteiger partial charge in [-0.25, -0.2) is 0 Å². The summed E-state index contributed by atoms with van der Waals surface area (Å²) in [5, 5.41) is 95.3. The van der Waals surface area contributed by atoms with E-state index in [-0.39, 0.29) is 5.56 Å². The highest BCUT2D eigenvalue weighted by atomic mass is 16.7. The topological polar surface area (TPSA) is 269 Å². The molecule has 250 valence electrons. The zero-order valence-corrected chi connectivity index (χ0v) is 25.0. The number of rotatable bonds is 4. The lowest BCUT2D eigenvalue weighted by atomic mass is 9.75. The van der Waals surface area contributed by atoms with Crippen LogP contribution in [-0.4, -0.2) is 100 Å². The average molecular weight is 673 g/mol. The molecule has 4 aromatic rings. The smallest absolute Gasteiger partial charge is 0.229 e. The molecular formula is C34H24O15. The van der Waals surface area contributed by atoms with Crippen LogP contribution in [0, 0.1) is 6.92 Å². The second-order valence-corrected chi connectivity index (χ2v) is 11.8. The monoisotopic (exact) mass is 672 g/mol. The molecular weight excluding hydrogens is 648 g/mol. The Morgan fingerprint density at radius 3 is 1.67 bits per heavy atom. The third kappa shape index (κ3) is 4.37. The largest absolute Gasteiger partial charge is 0.508 e. The fourth-order valence-electron chi connectivity index (χ4n) is 6.63. The van der Waals surface area contributed by atoms with Crippen LogP contribution >= 0.6 is 0 Å². The van der Waals surface area contributed by atoms with Gasteiger partial charge in [0.15, 0.2) is 11.6 Å². The Bertz CT molecular complexity index is 2220. The number of ether oxygens (including phenoxy) is 2. The van der Waals surface area contributed by atoms with Crippen LogP contribution in [0.2, 0.25) is 0 Å². The summed E-state index contributed by atoms with van der Waals surface area (Å²) in [6.45, 7) is 0.747. The number of aliphatic hydroxyl groups is 3. The van der Waals surface area contributed by atoms with Crippen LogP contribution < -0.4 is 4.74 Å². The number of hydrogen-bond donors (Lipinski definition) is 9. The first kappa shape index (κ1) is 31.6. The highest BCUT2D eigenvalue weighted by molar-refractivity contribution is 6.35. The molecule has 7 rings (SSSR count). The predicted molar refractivity (Wildman–Crippen MR) is 162 cm³/mol. The lowest BCUT2D eigenvalue weighted by Gasteiger charge is -2.28. The summed E-state index contributed by atoms with van der Waals surface area (Å²) in [5.41, 5.74) is -5.89. The fraction of sp³-hybridized carbons (Fsp3) is 0.176. The van der Waals surface area contributed by atoms with Gasteiger partial charge < -0.3 is 55.4 Å². The summed E-state index contributed by atoms with van der Waals surface area (Å²) in [4.78, 5) is 56.2. The number of aliphatic hydroxyl groups excluding tert-OH is 3. The fourth-order valence-corrected chi connectivity index (χ4v) is 6.63. The molecule has 1 fully saturated rings. The lowest BCUT2D eigenvalue weighted by molar-refractivity contribution is -0.116. The number of carbonyl (C=O) groups excluding carboxylic acids is 4. The van der Waals surface area contributed by atoms with E-state index >= 15 is 0 Å². The van der Waals surface area contributed by atoms with Gasteiger partial charge in [0.25, 0.3) is 0 Å². The Morgan fingerprint density at radius 2 is 1.08 bits per heavy atom. The van der Waals surface area contributed by atoms with E-state index in [4.69, 9.17) is 9.47 Å². The normalized spacial score (nSPS) is 20.9. The van der Waals surface area contributed by atoms with Gasteiger partial charge in [-0.05, 0) is 30.7 Å². The van der Waals surface area contributed by atoms with Gasteiger partial charge in [-0.1, -0.05) is 0 Å². The molecule has 2 aliphatic carbocycles. The van der Waals surface area contributed by atoms with Crippen molar-refractivity contribution in [2.45, 2.75) is 31.5 Å². The first-order valence-electron chi connectivity index (χ1n) is 14.5. The zero-order valence-electron chi connectivity index (χ0n) is 25.0. The highest BCUT2D eigenvalue weighted by Crippen LogP contribution is 2.53. The van der Waals surface area contributed by atoms with Crippen LogP contribution in [0.15, 0.2) is 36.4 Å². The molecule has 15 heteroatoms. The molecule has 1 heterocycles. The van der Waals surface area contributed by atoms with Gasteiger partial charge in [-0.2, -0.15) is 0 Å². The predicted octanol–water partition coefficient (Wildman–Crippen LogP) is 1.26. The maximum atomic E-state index is 14.4. The number of aryl methyl sites for hydroxylation is 1. The number of hydrogen-bond acceptors (Lipinski definition) is 15. The van der Waals surface area contributed by atoms with E-state index in [1.54, 1.807) is 0 Å². The second kappa shape index (κ2) is 10.8. The minimum atomic E-state index is -1.84. The summed E-state index contributed by atoms with van der Waals surface area (Å²) >= 11 is 0. The number of phenols is 6. The molecule has 0 spiro atoms. The molecule has 0 saturated carbocycles. The molecule has 0 aromatic heterocycles. The summed E-state index contributed by atoms with van der Waals surface area (Å²) < 4.78 is 11.2. The van der Waals surface area contributed by atoms with Gasteiger partial charge in [-0.3, -0.25) is 19.2 Å². The molecule has 4 atom stereocenters. The van der Waals surface area contributed by atoms with E-state index in [0.717, 1.165) is 18.2 Å². The first-order chi connectivity index (χ1) is 23.2. The highest BCUT2D eigenvalue weighted by Gasteiger charge is 2.47. The molecule has 0 bridgehead atoms. The van der Waals surface area contributed by atoms with Crippen molar-refractivity contribution in [1.82, 2.24) is 0 Å². The minimum Gasteiger partial charge on any atom is -0.508 e. The molecule has 1 saturated heterocycles. The standard InChI is InChI=1S/C34H24O15/c1-9-2-11-20(13(37)3-9)31(45)24-17(41)7-18(48-34-33(47)30(44)19(8-35)49-34)25(27(24)28(11)42)22-15(39)6-16(40)23-26(22)29(43)12-4-10(36)5-14(38)21(12)32(23)46/h2-7,19,30,33-41,44,47H,8H2,1H3. The third-order valence-corrected chi connectivity index (χ3v) is 8.76. The molecule has 3 aliphatic rings. The third-order valence-electron chi connectivity index (χ3n) is 8.76. The zero-order chi connectivity index (χ0) is 35.4. The summed E-state index contributed by atoms with van der Waals surface area (Å²) in [7, 11) is 0. The van der Waals surface area contributed by atoms with Crippen LogP contribution in [-0.2, 0) is 4.74 Å². The van der Waals surface area contributed by atoms with Crippen molar-refractivity contribution in [1.29, 1.82) is 0 Å². The van der Waals surface area contributed by atoms with Crippen LogP contribution in [0.1, 0.15) is 69.2 Å². The Kier molecular flexibility index (Phi) is 6.94. The molecule has 0 amide bonds. The van der Waals surface area contributed by atoms with Crippen LogP contribution in [0.5, 0.6) is 40.2 Å². The minimum absolute atomic E-state index is 0.340. The second-order valence-electron chi connectivity index (χ2n) is 11.8. The van der Waals surface area contributed by atoms with Crippen LogP contribution in [0.4, 0.5) is 0 Å². The van der Waals surface area contributed by atoms with Gasteiger partial charge in [0.05, 0.1) is 28.9 Å². The van der Waals surface area contributed by atoms with Crippen molar-refractivity contribution in [3.05, 3.63) is 86.5 Å². The van der Waals surface area contributed by atoms with E-state index in [9.17, 15) is 65.1 Å². The van der Waals surface area contributed by atoms with Gasteiger partial charge in [0.1, 0.15) is 58.6 Å². The number of fused-ring (bicyclic) bond motifs is 4. The number of ketones is 4. The van der Waals surface area contributed by atoms with Crippen molar-refractivity contribution >= 4 is 23.1 Å². The van der Waals surface area contributed by atoms with E-state index in [2.05, 4.69) is 0 Å². The summed E-state index contributed by atoms with van der Waals surface area (Å²) in [6, 6.07) is 5.53. The Hall–Kier alpha value is -6.00.